The molecule has 2 N–H and O–H groups in total. The van der Waals surface area contributed by atoms with Gasteiger partial charge in [0.05, 0.1) is 6.10 Å². The zero-order chi connectivity index (χ0) is 14.0. The first-order valence-corrected chi connectivity index (χ1v) is 8.56. The Morgan fingerprint density at radius 2 is 2.26 bits per heavy atom. The highest BCUT2D eigenvalue weighted by molar-refractivity contribution is 7.91. The van der Waals surface area contributed by atoms with Crippen LogP contribution < -0.4 is 5.73 Å². The molecule has 2 heterocycles. The van der Waals surface area contributed by atoms with Crippen molar-refractivity contribution >= 4 is 21.4 Å². The van der Waals surface area contributed by atoms with E-state index in [9.17, 15) is 8.42 Å². The monoisotopic (exact) mass is 304 g/mol. The van der Waals surface area contributed by atoms with Crippen molar-refractivity contribution in [3.8, 4) is 0 Å². The Balaban J connectivity index is 2.25. The summed E-state index contributed by atoms with van der Waals surface area (Å²) in [5, 5.41) is 0. The van der Waals surface area contributed by atoms with Crippen LogP contribution in [0.3, 0.4) is 0 Å². The summed E-state index contributed by atoms with van der Waals surface area (Å²) >= 11 is 1.31. The minimum absolute atomic E-state index is 0.102. The smallest absolute Gasteiger partial charge is 0.252 e. The van der Waals surface area contributed by atoms with E-state index in [1.807, 2.05) is 13.0 Å². The van der Waals surface area contributed by atoms with Gasteiger partial charge in [-0.2, -0.15) is 4.31 Å². The molecule has 0 spiro atoms. The molecule has 19 heavy (non-hydrogen) atoms. The average molecular weight is 304 g/mol. The highest BCUT2D eigenvalue weighted by atomic mass is 32.2. The standard InChI is InChI=1S/C12H20N2O3S2/c1-9-3-4-12(18-9)19(15,16)14-6-5-11(17-2)7-10(14)8-13/h3-4,10-11H,5-8,13H2,1-2H3. The topological polar surface area (TPSA) is 72.6 Å². The van der Waals surface area contributed by atoms with Crippen LogP contribution in [0, 0.1) is 6.92 Å². The maximum Gasteiger partial charge on any atom is 0.252 e. The molecule has 0 amide bonds. The fraction of sp³-hybridized carbons (Fsp3) is 0.667. The number of thiophene rings is 1. The molecule has 2 rings (SSSR count). The summed E-state index contributed by atoms with van der Waals surface area (Å²) in [5.74, 6) is 0. The lowest BCUT2D eigenvalue weighted by Crippen LogP contribution is -2.50. The SMILES string of the molecule is COC1CCN(S(=O)(=O)c2ccc(C)s2)C(CN)C1. The number of hydrogen-bond acceptors (Lipinski definition) is 5. The minimum atomic E-state index is -3.42. The van der Waals surface area contributed by atoms with Crippen LogP contribution in [0.2, 0.25) is 0 Å². The number of aryl methyl sites for hydroxylation is 1. The van der Waals surface area contributed by atoms with Gasteiger partial charge in [0.1, 0.15) is 4.21 Å². The maximum absolute atomic E-state index is 12.6. The molecule has 2 atom stereocenters. The molecule has 0 aliphatic carbocycles. The highest BCUT2D eigenvalue weighted by Crippen LogP contribution is 2.29. The first-order valence-electron chi connectivity index (χ1n) is 6.30. The Kier molecular flexibility index (Phi) is 4.62. The molecule has 1 aromatic rings. The van der Waals surface area contributed by atoms with E-state index in [4.69, 9.17) is 10.5 Å². The van der Waals surface area contributed by atoms with Crippen molar-refractivity contribution in [2.45, 2.75) is 36.1 Å². The Morgan fingerprint density at radius 3 is 2.79 bits per heavy atom. The molecular weight excluding hydrogens is 284 g/mol. The van der Waals surface area contributed by atoms with Gasteiger partial charge in [0.2, 0.25) is 0 Å². The van der Waals surface area contributed by atoms with Crippen LogP contribution >= 0.6 is 11.3 Å². The van der Waals surface area contributed by atoms with Crippen LogP contribution in [0.5, 0.6) is 0 Å². The number of piperidine rings is 1. The Bertz CT molecular complexity index is 527. The molecule has 5 nitrogen and oxygen atoms in total. The predicted molar refractivity (Wildman–Crippen MR) is 75.8 cm³/mol. The van der Waals surface area contributed by atoms with Gasteiger partial charge < -0.3 is 10.5 Å². The molecule has 1 aliphatic rings. The number of hydrogen-bond donors (Lipinski definition) is 1. The van der Waals surface area contributed by atoms with Crippen molar-refractivity contribution in [1.29, 1.82) is 0 Å². The van der Waals surface area contributed by atoms with E-state index in [1.54, 1.807) is 13.2 Å². The van der Waals surface area contributed by atoms with Gasteiger partial charge in [-0.25, -0.2) is 8.42 Å². The molecular formula is C12H20N2O3S2. The number of methoxy groups -OCH3 is 1. The van der Waals surface area contributed by atoms with E-state index in [2.05, 4.69) is 0 Å². The normalized spacial score (nSPS) is 25.6. The predicted octanol–water partition coefficient (Wildman–Crippen LogP) is 1.18. The first kappa shape index (κ1) is 14.9. The zero-order valence-electron chi connectivity index (χ0n) is 11.2. The van der Waals surface area contributed by atoms with Gasteiger partial charge in [-0.1, -0.05) is 0 Å². The van der Waals surface area contributed by atoms with Crippen molar-refractivity contribution in [2.24, 2.45) is 5.73 Å². The van der Waals surface area contributed by atoms with Crippen molar-refractivity contribution in [3.63, 3.8) is 0 Å². The molecule has 108 valence electrons. The molecule has 0 saturated carbocycles. The van der Waals surface area contributed by atoms with Crippen LogP contribution in [0.25, 0.3) is 0 Å². The number of ether oxygens (including phenoxy) is 1. The van der Waals surface area contributed by atoms with E-state index in [1.165, 1.54) is 15.6 Å². The van der Waals surface area contributed by atoms with Gasteiger partial charge in [-0.3, -0.25) is 0 Å². The second kappa shape index (κ2) is 5.88. The van der Waals surface area contributed by atoms with Crippen LogP contribution in [0.4, 0.5) is 0 Å². The molecule has 1 aliphatic heterocycles. The lowest BCUT2D eigenvalue weighted by atomic mass is 10.0. The molecule has 0 aromatic carbocycles. The van der Waals surface area contributed by atoms with Crippen LogP contribution in [-0.4, -0.2) is 45.1 Å². The van der Waals surface area contributed by atoms with Gasteiger partial charge in [0.25, 0.3) is 10.0 Å². The summed E-state index contributed by atoms with van der Waals surface area (Å²) in [5.41, 5.74) is 5.73. The van der Waals surface area contributed by atoms with Crippen molar-refractivity contribution in [3.05, 3.63) is 17.0 Å². The van der Waals surface area contributed by atoms with Crippen molar-refractivity contribution in [1.82, 2.24) is 4.31 Å². The van der Waals surface area contributed by atoms with Gasteiger partial charge in [0.15, 0.2) is 0 Å². The summed E-state index contributed by atoms with van der Waals surface area (Å²) in [6, 6.07) is 3.33. The Hall–Kier alpha value is -0.470. The van der Waals surface area contributed by atoms with Gasteiger partial charge in [0, 0.05) is 31.1 Å². The van der Waals surface area contributed by atoms with Crippen molar-refractivity contribution in [2.75, 3.05) is 20.2 Å². The van der Waals surface area contributed by atoms with Crippen LogP contribution in [0.1, 0.15) is 17.7 Å². The summed E-state index contributed by atoms with van der Waals surface area (Å²) in [4.78, 5) is 0.995. The van der Waals surface area contributed by atoms with Gasteiger partial charge >= 0.3 is 0 Å². The number of nitrogens with two attached hydrogens (primary N) is 1. The molecule has 1 fully saturated rings. The lowest BCUT2D eigenvalue weighted by Gasteiger charge is -2.37. The fourth-order valence-corrected chi connectivity index (χ4v) is 5.48. The third kappa shape index (κ3) is 3.00. The second-order valence-electron chi connectivity index (χ2n) is 4.75. The zero-order valence-corrected chi connectivity index (χ0v) is 12.8. The molecule has 7 heteroatoms. The fourth-order valence-electron chi connectivity index (χ4n) is 2.40. The summed E-state index contributed by atoms with van der Waals surface area (Å²) in [7, 11) is -1.76. The molecule has 2 unspecified atom stereocenters. The molecule has 0 bridgehead atoms. The summed E-state index contributed by atoms with van der Waals surface area (Å²) in [6.45, 7) is 2.70. The summed E-state index contributed by atoms with van der Waals surface area (Å²) in [6.07, 6.45) is 1.48. The average Bonchev–Trinajstić information content (AvgIpc) is 2.85. The quantitative estimate of drug-likeness (QED) is 0.906. The lowest BCUT2D eigenvalue weighted by molar-refractivity contribution is 0.0402. The third-order valence-corrected chi connectivity index (χ3v) is 6.92. The summed E-state index contributed by atoms with van der Waals surface area (Å²) < 4.78 is 32.5. The Morgan fingerprint density at radius 1 is 1.53 bits per heavy atom. The highest BCUT2D eigenvalue weighted by Gasteiger charge is 2.36. The van der Waals surface area contributed by atoms with Gasteiger partial charge in [-0.05, 0) is 31.9 Å². The molecule has 0 radical (unpaired) electrons. The Labute approximate surface area is 118 Å². The van der Waals surface area contributed by atoms with E-state index in [-0.39, 0.29) is 12.1 Å². The van der Waals surface area contributed by atoms with E-state index in [0.717, 1.165) is 11.3 Å². The van der Waals surface area contributed by atoms with Crippen LogP contribution in [0.15, 0.2) is 16.3 Å². The van der Waals surface area contributed by atoms with E-state index >= 15 is 0 Å². The largest absolute Gasteiger partial charge is 0.381 e. The second-order valence-corrected chi connectivity index (χ2v) is 8.16. The minimum Gasteiger partial charge on any atom is -0.381 e. The molecule has 1 saturated heterocycles. The first-order chi connectivity index (χ1) is 8.98. The van der Waals surface area contributed by atoms with Crippen molar-refractivity contribution < 1.29 is 13.2 Å². The van der Waals surface area contributed by atoms with Crippen LogP contribution in [-0.2, 0) is 14.8 Å². The number of sulfonamides is 1. The number of rotatable bonds is 4. The maximum atomic E-state index is 12.6. The third-order valence-electron chi connectivity index (χ3n) is 3.50. The van der Waals surface area contributed by atoms with E-state index in [0.29, 0.717) is 23.7 Å². The number of nitrogens with zero attached hydrogens (tertiary/aromatic N) is 1. The van der Waals surface area contributed by atoms with E-state index < -0.39 is 10.0 Å². The molecule has 1 aromatic heterocycles. The van der Waals surface area contributed by atoms with Gasteiger partial charge in [-0.15, -0.1) is 11.3 Å².